The van der Waals surface area contributed by atoms with Crippen LogP contribution in [0.5, 0.6) is 0 Å². The summed E-state index contributed by atoms with van der Waals surface area (Å²) < 4.78 is 0. The fourth-order valence-corrected chi connectivity index (χ4v) is 1.07. The van der Waals surface area contributed by atoms with E-state index in [-0.39, 0.29) is 0 Å². The predicted molar refractivity (Wildman–Crippen MR) is 43.9 cm³/mol. The Hall–Kier alpha value is -1.71. The number of aromatic nitrogens is 4. The summed E-state index contributed by atoms with van der Waals surface area (Å²) in [4.78, 5) is 1.51. The number of benzene rings is 1. The molecule has 0 aliphatic carbocycles. The molecule has 1 aromatic heterocycles. The van der Waals surface area contributed by atoms with Gasteiger partial charge in [-0.25, -0.2) is 0 Å². The Morgan fingerprint density at radius 2 is 2.08 bits per heavy atom. The lowest BCUT2D eigenvalue weighted by Crippen LogP contribution is -2.00. The Bertz CT molecular complexity index is 366. The molecule has 1 heterocycles. The number of para-hydroxylation sites is 1. The Morgan fingerprint density at radius 3 is 2.75 bits per heavy atom. The maximum absolute atomic E-state index is 3.94. The molecule has 0 saturated carbocycles. The summed E-state index contributed by atoms with van der Waals surface area (Å²) >= 11 is 0. The summed E-state index contributed by atoms with van der Waals surface area (Å²) in [5.74, 6) is 0. The number of aryl methyl sites for hydroxylation is 1. The molecule has 12 heavy (non-hydrogen) atoms. The first-order chi connectivity index (χ1) is 5.88. The average Bonchev–Trinajstić information content (AvgIpc) is 2.57. The van der Waals surface area contributed by atoms with Crippen molar-refractivity contribution in [3.63, 3.8) is 0 Å². The van der Waals surface area contributed by atoms with Crippen molar-refractivity contribution in [1.29, 1.82) is 0 Å². The van der Waals surface area contributed by atoms with E-state index in [1.165, 1.54) is 11.1 Å². The van der Waals surface area contributed by atoms with E-state index in [0.29, 0.717) is 0 Å². The summed E-state index contributed by atoms with van der Waals surface area (Å²) in [5.41, 5.74) is 2.10. The second kappa shape index (κ2) is 2.73. The maximum atomic E-state index is 3.94. The predicted octanol–water partition coefficient (Wildman–Crippen LogP) is 0.971. The van der Waals surface area contributed by atoms with Crippen LogP contribution in [0.1, 0.15) is 5.56 Å². The van der Waals surface area contributed by atoms with Crippen LogP contribution < -0.4 is 0 Å². The van der Waals surface area contributed by atoms with Crippen LogP contribution in [0.25, 0.3) is 5.69 Å². The highest BCUT2D eigenvalue weighted by molar-refractivity contribution is 5.37. The normalized spacial score (nSPS) is 10.1. The van der Waals surface area contributed by atoms with E-state index in [2.05, 4.69) is 15.4 Å². The van der Waals surface area contributed by atoms with E-state index in [1.54, 1.807) is 0 Å². The number of tetrazole rings is 1. The van der Waals surface area contributed by atoms with Gasteiger partial charge in [0.1, 0.15) is 0 Å². The van der Waals surface area contributed by atoms with Crippen LogP contribution in [-0.2, 0) is 0 Å². The quantitative estimate of drug-likeness (QED) is 0.624. The molecule has 4 heteroatoms. The summed E-state index contributed by atoms with van der Waals surface area (Å²) in [6.07, 6.45) is 1.42. The highest BCUT2D eigenvalue weighted by atomic mass is 15.6. The van der Waals surface area contributed by atoms with Gasteiger partial charge in [0.25, 0.3) is 0 Å². The Balaban J connectivity index is 2.55. The van der Waals surface area contributed by atoms with Crippen LogP contribution in [-0.4, -0.2) is 20.2 Å². The molecule has 0 atom stereocenters. The monoisotopic (exact) mass is 160 g/mol. The van der Waals surface area contributed by atoms with Crippen molar-refractivity contribution in [3.8, 4) is 5.69 Å². The third kappa shape index (κ3) is 1.07. The van der Waals surface area contributed by atoms with Crippen molar-refractivity contribution < 1.29 is 0 Å². The van der Waals surface area contributed by atoms with Crippen molar-refractivity contribution in [2.45, 2.75) is 6.92 Å². The maximum Gasteiger partial charge on any atom is 0.162 e. The van der Waals surface area contributed by atoms with Gasteiger partial charge in [0.05, 0.1) is 5.69 Å². The zero-order valence-electron chi connectivity index (χ0n) is 6.68. The van der Waals surface area contributed by atoms with Crippen molar-refractivity contribution in [2.75, 3.05) is 0 Å². The highest BCUT2D eigenvalue weighted by Gasteiger charge is 1.99. The highest BCUT2D eigenvalue weighted by Crippen LogP contribution is 2.08. The van der Waals surface area contributed by atoms with Crippen molar-refractivity contribution in [2.24, 2.45) is 0 Å². The van der Waals surface area contributed by atoms with Crippen molar-refractivity contribution in [1.82, 2.24) is 20.2 Å². The van der Waals surface area contributed by atoms with Gasteiger partial charge < -0.3 is 0 Å². The minimum atomic E-state index is 0.968. The van der Waals surface area contributed by atoms with Gasteiger partial charge in [-0.2, -0.15) is 0 Å². The Kier molecular flexibility index (Phi) is 1.59. The molecule has 0 fully saturated rings. The van der Waals surface area contributed by atoms with Crippen molar-refractivity contribution in [3.05, 3.63) is 36.2 Å². The van der Waals surface area contributed by atoms with Gasteiger partial charge in [-0.15, -0.1) is 15.0 Å². The SMILES string of the molecule is Cc1ccccc1-n1ncnn1. The molecule has 0 radical (unpaired) electrons. The first kappa shape index (κ1) is 6.97. The molecule has 4 nitrogen and oxygen atoms in total. The van der Waals surface area contributed by atoms with Crippen LogP contribution in [0.3, 0.4) is 0 Å². The smallest absolute Gasteiger partial charge is 0.135 e. The minimum absolute atomic E-state index is 0.968. The fourth-order valence-electron chi connectivity index (χ4n) is 1.07. The van der Waals surface area contributed by atoms with Gasteiger partial charge >= 0.3 is 0 Å². The number of rotatable bonds is 1. The van der Waals surface area contributed by atoms with Gasteiger partial charge in [0, 0.05) is 0 Å². The molecule has 0 unspecified atom stereocenters. The first-order valence-electron chi connectivity index (χ1n) is 3.67. The van der Waals surface area contributed by atoms with Gasteiger partial charge in [0.2, 0.25) is 0 Å². The fraction of sp³-hybridized carbons (Fsp3) is 0.125. The Morgan fingerprint density at radius 1 is 1.25 bits per heavy atom. The van der Waals surface area contributed by atoms with Gasteiger partial charge in [0.15, 0.2) is 6.33 Å². The van der Waals surface area contributed by atoms with Crippen LogP contribution >= 0.6 is 0 Å². The van der Waals surface area contributed by atoms with Gasteiger partial charge in [-0.3, -0.25) is 0 Å². The number of nitrogens with zero attached hydrogens (tertiary/aromatic N) is 4. The lowest BCUT2D eigenvalue weighted by Gasteiger charge is -2.00. The number of hydrogen-bond acceptors (Lipinski definition) is 3. The van der Waals surface area contributed by atoms with Gasteiger partial charge in [-0.1, -0.05) is 18.2 Å². The Labute approximate surface area is 69.8 Å². The average molecular weight is 160 g/mol. The summed E-state index contributed by atoms with van der Waals surface area (Å²) in [6.45, 7) is 2.01. The zero-order valence-corrected chi connectivity index (χ0v) is 6.68. The minimum Gasteiger partial charge on any atom is -0.135 e. The zero-order chi connectivity index (χ0) is 8.39. The summed E-state index contributed by atoms with van der Waals surface area (Å²) in [6, 6.07) is 7.90. The first-order valence-corrected chi connectivity index (χ1v) is 3.67. The molecule has 2 aromatic rings. The second-order valence-corrected chi connectivity index (χ2v) is 2.51. The lowest BCUT2D eigenvalue weighted by atomic mass is 10.2. The van der Waals surface area contributed by atoms with Crippen LogP contribution in [0, 0.1) is 6.92 Å². The topological polar surface area (TPSA) is 43.6 Å². The van der Waals surface area contributed by atoms with E-state index >= 15 is 0 Å². The molecule has 0 bridgehead atoms. The largest absolute Gasteiger partial charge is 0.162 e. The molecule has 0 N–H and O–H groups in total. The summed E-state index contributed by atoms with van der Waals surface area (Å²) in [7, 11) is 0. The standard InChI is InChI=1S/C8H8N4/c1-7-4-2-3-5-8(7)12-10-6-9-11-12/h2-6H,1H3. The third-order valence-corrected chi connectivity index (χ3v) is 1.68. The van der Waals surface area contributed by atoms with E-state index in [1.807, 2.05) is 31.2 Å². The van der Waals surface area contributed by atoms with Crippen LogP contribution in [0.4, 0.5) is 0 Å². The summed E-state index contributed by atoms with van der Waals surface area (Å²) in [5, 5.41) is 11.4. The van der Waals surface area contributed by atoms with Crippen LogP contribution in [0.2, 0.25) is 0 Å². The molecule has 1 aromatic carbocycles. The lowest BCUT2D eigenvalue weighted by molar-refractivity contribution is 0.716. The molecule has 0 saturated heterocycles. The molecule has 0 aliphatic rings. The molecule has 0 spiro atoms. The molecular formula is C8H8N4. The van der Waals surface area contributed by atoms with E-state index < -0.39 is 0 Å². The number of hydrogen-bond donors (Lipinski definition) is 0. The van der Waals surface area contributed by atoms with E-state index in [9.17, 15) is 0 Å². The molecular weight excluding hydrogens is 152 g/mol. The molecule has 2 rings (SSSR count). The second-order valence-electron chi connectivity index (χ2n) is 2.51. The van der Waals surface area contributed by atoms with Crippen molar-refractivity contribution >= 4 is 0 Å². The van der Waals surface area contributed by atoms with E-state index in [0.717, 1.165) is 11.3 Å². The molecule has 0 aliphatic heterocycles. The molecule has 0 amide bonds. The molecule has 60 valence electrons. The van der Waals surface area contributed by atoms with Crippen LogP contribution in [0.15, 0.2) is 30.6 Å². The third-order valence-electron chi connectivity index (χ3n) is 1.68. The van der Waals surface area contributed by atoms with E-state index in [4.69, 9.17) is 0 Å². The van der Waals surface area contributed by atoms with Gasteiger partial charge in [-0.05, 0) is 23.8 Å².